The number of fused-ring (bicyclic) bond motifs is 1. The maximum absolute atomic E-state index is 10.9. The van der Waals surface area contributed by atoms with Crippen molar-refractivity contribution in [2.24, 2.45) is 11.1 Å². The van der Waals surface area contributed by atoms with Crippen LogP contribution in [-0.4, -0.2) is 24.3 Å². The molecule has 0 spiro atoms. The van der Waals surface area contributed by atoms with Gasteiger partial charge in [0.05, 0.1) is 5.69 Å². The molecule has 1 saturated carbocycles. The highest BCUT2D eigenvalue weighted by molar-refractivity contribution is 5.92. The number of carbonyl (C=O) groups is 2. The molecule has 0 bridgehead atoms. The molecule has 6 nitrogen and oxygen atoms in total. The molecule has 0 radical (unpaired) electrons. The molecule has 1 fully saturated rings. The number of hydrogen-bond acceptors (Lipinski definition) is 4. The van der Waals surface area contributed by atoms with Gasteiger partial charge in [-0.3, -0.25) is 9.59 Å². The second-order valence-corrected chi connectivity index (χ2v) is 10.7. The Hall–Kier alpha value is -3.28. The van der Waals surface area contributed by atoms with Crippen LogP contribution in [0.15, 0.2) is 60.0 Å². The van der Waals surface area contributed by atoms with Crippen LogP contribution in [-0.2, 0) is 11.3 Å². The first-order chi connectivity index (χ1) is 19.2. The van der Waals surface area contributed by atoms with Gasteiger partial charge in [0.2, 0.25) is 6.41 Å². The van der Waals surface area contributed by atoms with Crippen LogP contribution in [0.25, 0.3) is 10.9 Å². The van der Waals surface area contributed by atoms with Crippen molar-refractivity contribution >= 4 is 29.3 Å². The van der Waals surface area contributed by atoms with E-state index in [2.05, 4.69) is 44.4 Å². The van der Waals surface area contributed by atoms with Crippen LogP contribution in [0, 0.1) is 5.41 Å². The number of carbonyl (C=O) groups excluding carboxylic acids is 2. The van der Waals surface area contributed by atoms with E-state index >= 15 is 0 Å². The Balaban J connectivity index is 0.000000543. The van der Waals surface area contributed by atoms with E-state index in [4.69, 9.17) is 5.73 Å². The summed E-state index contributed by atoms with van der Waals surface area (Å²) in [6, 6.07) is 7.39. The molecule has 0 saturated heterocycles. The standard InChI is InChI=1S/C12H12N2O2.C8H12N2.C6H12.C6H14.C2H6/c1-2-14-11(7-15)6-9-5-10(13-8-16)3-4-12(9)14;1-10-8-4-2-3-7(9)5-6-8;1-2-4-6-5-3-1;1-5-6(2,3)4;1-2/h3-8H,2H2,1H3,(H,13,16);3-6,10H,2,9H2,1H3;1-6H2;5H2,1-4H3;1-2H3. The summed E-state index contributed by atoms with van der Waals surface area (Å²) < 4.78 is 1.94. The van der Waals surface area contributed by atoms with E-state index in [1.165, 1.54) is 44.9 Å². The molecule has 0 unspecified atom stereocenters. The van der Waals surface area contributed by atoms with E-state index in [-0.39, 0.29) is 0 Å². The first kappa shape index (κ1) is 36.7. The van der Waals surface area contributed by atoms with E-state index in [0.29, 0.717) is 17.5 Å². The summed E-state index contributed by atoms with van der Waals surface area (Å²) in [4.78, 5) is 21.2. The van der Waals surface area contributed by atoms with Gasteiger partial charge < -0.3 is 20.9 Å². The molecule has 1 amide bonds. The number of aromatic nitrogens is 1. The van der Waals surface area contributed by atoms with Gasteiger partial charge in [0, 0.05) is 41.6 Å². The van der Waals surface area contributed by atoms with E-state index in [1.54, 1.807) is 0 Å². The average Bonchev–Trinajstić information content (AvgIpc) is 3.20. The van der Waals surface area contributed by atoms with E-state index in [1.807, 2.05) is 74.9 Å². The molecule has 0 atom stereocenters. The first-order valence-corrected chi connectivity index (χ1v) is 15.0. The number of nitrogens with one attached hydrogen (secondary N) is 2. The fourth-order valence-corrected chi connectivity index (χ4v) is 3.79. The smallest absolute Gasteiger partial charge is 0.211 e. The van der Waals surface area contributed by atoms with Gasteiger partial charge in [0.25, 0.3) is 0 Å². The van der Waals surface area contributed by atoms with Crippen molar-refractivity contribution in [1.29, 1.82) is 0 Å². The van der Waals surface area contributed by atoms with Crippen LogP contribution in [0.3, 0.4) is 0 Å². The second kappa shape index (κ2) is 21.5. The van der Waals surface area contributed by atoms with Crippen molar-refractivity contribution < 1.29 is 9.59 Å². The molecule has 1 aromatic heterocycles. The number of aldehydes is 1. The minimum Gasteiger partial charge on any atom is -0.399 e. The summed E-state index contributed by atoms with van der Waals surface area (Å²) in [7, 11) is 1.90. The van der Waals surface area contributed by atoms with Crippen LogP contribution < -0.4 is 16.4 Å². The third-order valence-corrected chi connectivity index (χ3v) is 6.59. The molecule has 1 heterocycles. The zero-order valence-electron chi connectivity index (χ0n) is 26.5. The van der Waals surface area contributed by atoms with Gasteiger partial charge in [0.15, 0.2) is 6.29 Å². The fourth-order valence-electron chi connectivity index (χ4n) is 3.79. The SMILES string of the molecule is C1CCCCC1.CC.CCC(C)(C)C.CCn1c(C=O)cc2cc(NC=O)ccc21.CNC1=CCC=C(N)C=C1. The Kier molecular flexibility index (Phi) is 19.8. The third-order valence-electron chi connectivity index (χ3n) is 6.59. The third kappa shape index (κ3) is 15.3. The number of likely N-dealkylation sites (N-methyl/N-ethyl adjacent to an activating group) is 1. The number of allylic oxidation sites excluding steroid dienone is 4. The molecule has 0 aliphatic heterocycles. The van der Waals surface area contributed by atoms with Crippen molar-refractivity contribution in [2.75, 3.05) is 12.4 Å². The molecule has 224 valence electrons. The van der Waals surface area contributed by atoms with Crippen molar-refractivity contribution in [3.8, 4) is 0 Å². The molecule has 2 aromatic rings. The molecule has 2 aliphatic carbocycles. The summed E-state index contributed by atoms with van der Waals surface area (Å²) in [5.74, 6) is 0. The Morgan fingerprint density at radius 3 is 1.95 bits per heavy atom. The molecule has 6 heteroatoms. The van der Waals surface area contributed by atoms with Gasteiger partial charge in [-0.25, -0.2) is 0 Å². The Morgan fingerprint density at radius 1 is 0.925 bits per heavy atom. The lowest BCUT2D eigenvalue weighted by molar-refractivity contribution is -0.105. The number of amides is 1. The average molecular weight is 553 g/mol. The van der Waals surface area contributed by atoms with Crippen LogP contribution in [0.4, 0.5) is 5.69 Å². The largest absolute Gasteiger partial charge is 0.399 e. The summed E-state index contributed by atoms with van der Waals surface area (Å²) in [6.45, 7) is 15.7. The summed E-state index contributed by atoms with van der Waals surface area (Å²) >= 11 is 0. The van der Waals surface area contributed by atoms with Gasteiger partial charge >= 0.3 is 0 Å². The number of nitrogens with zero attached hydrogens (tertiary/aromatic N) is 1. The maximum atomic E-state index is 10.9. The molecule has 4 N–H and O–H groups in total. The molecule has 2 aliphatic rings. The second-order valence-electron chi connectivity index (χ2n) is 10.7. The summed E-state index contributed by atoms with van der Waals surface area (Å²) in [5, 5.41) is 6.59. The number of benzene rings is 1. The van der Waals surface area contributed by atoms with Crippen molar-refractivity contribution in [2.45, 2.75) is 106 Å². The minimum absolute atomic E-state index is 0.542. The highest BCUT2D eigenvalue weighted by Gasteiger charge is 2.07. The zero-order chi connectivity index (χ0) is 30.4. The van der Waals surface area contributed by atoms with Crippen molar-refractivity contribution in [3.63, 3.8) is 0 Å². The minimum atomic E-state index is 0.542. The lowest BCUT2D eigenvalue weighted by Gasteiger charge is -2.12. The van der Waals surface area contributed by atoms with E-state index in [0.717, 1.165) is 47.2 Å². The molecule has 1 aromatic carbocycles. The van der Waals surface area contributed by atoms with Crippen LogP contribution in [0.1, 0.15) is 110 Å². The van der Waals surface area contributed by atoms with Gasteiger partial charge in [-0.2, -0.15) is 0 Å². The zero-order valence-corrected chi connectivity index (χ0v) is 26.5. The van der Waals surface area contributed by atoms with Gasteiger partial charge in [-0.15, -0.1) is 0 Å². The normalized spacial score (nSPS) is 14.0. The summed E-state index contributed by atoms with van der Waals surface area (Å²) in [6.07, 6.45) is 20.6. The van der Waals surface area contributed by atoms with Crippen LogP contribution >= 0.6 is 0 Å². The maximum Gasteiger partial charge on any atom is 0.211 e. The number of hydrogen-bond donors (Lipinski definition) is 3. The molecule has 4 rings (SSSR count). The Labute approximate surface area is 244 Å². The van der Waals surface area contributed by atoms with Gasteiger partial charge in [-0.1, -0.05) is 98.6 Å². The van der Waals surface area contributed by atoms with Crippen molar-refractivity contribution in [1.82, 2.24) is 9.88 Å². The van der Waals surface area contributed by atoms with Crippen molar-refractivity contribution in [3.05, 3.63) is 65.7 Å². The molecule has 40 heavy (non-hydrogen) atoms. The number of rotatable bonds is 5. The van der Waals surface area contributed by atoms with E-state index < -0.39 is 0 Å². The van der Waals surface area contributed by atoms with Gasteiger partial charge in [-0.05, 0) is 55.2 Å². The first-order valence-electron chi connectivity index (χ1n) is 15.0. The Morgan fingerprint density at radius 2 is 1.50 bits per heavy atom. The highest BCUT2D eigenvalue weighted by Crippen LogP contribution is 2.22. The molecular weight excluding hydrogens is 496 g/mol. The predicted octanol–water partition coefficient (Wildman–Crippen LogP) is 8.74. The Bertz CT molecular complexity index is 1060. The number of aryl methyl sites for hydroxylation is 1. The monoisotopic (exact) mass is 552 g/mol. The van der Waals surface area contributed by atoms with Crippen LogP contribution in [0.2, 0.25) is 0 Å². The van der Waals surface area contributed by atoms with Crippen LogP contribution in [0.5, 0.6) is 0 Å². The highest BCUT2D eigenvalue weighted by atomic mass is 16.1. The number of anilines is 1. The summed E-state index contributed by atoms with van der Waals surface area (Å²) in [5.41, 5.74) is 10.4. The lowest BCUT2D eigenvalue weighted by atomic mass is 9.94. The predicted molar refractivity (Wildman–Crippen MR) is 175 cm³/mol. The van der Waals surface area contributed by atoms with Gasteiger partial charge in [0.1, 0.15) is 0 Å². The molecular formula is C34H56N4O2. The quantitative estimate of drug-likeness (QED) is 0.324. The fraction of sp³-hybridized carbons (Fsp3) is 0.529. The number of nitrogens with two attached hydrogens (primary N) is 1. The lowest BCUT2D eigenvalue weighted by Crippen LogP contribution is -2.02. The van der Waals surface area contributed by atoms with E-state index in [9.17, 15) is 9.59 Å². The topological polar surface area (TPSA) is 89.2 Å².